The Morgan fingerprint density at radius 1 is 1.29 bits per heavy atom. The van der Waals surface area contributed by atoms with Crippen molar-refractivity contribution in [3.8, 4) is 5.75 Å². The van der Waals surface area contributed by atoms with Crippen LogP contribution < -0.4 is 0 Å². The minimum Gasteiger partial charge on any atom is -0.506 e. The van der Waals surface area contributed by atoms with Gasteiger partial charge in [-0.15, -0.1) is 0 Å². The maximum atomic E-state index is 10.0. The third kappa shape index (κ3) is 1.42. The van der Waals surface area contributed by atoms with Crippen LogP contribution in [-0.4, -0.2) is 10.1 Å². The number of para-hydroxylation sites is 1. The monoisotopic (exact) mass is 188 g/mol. The molecule has 0 bridgehead atoms. The molecule has 2 aromatic rings. The molecule has 0 aliphatic carbocycles. The van der Waals surface area contributed by atoms with Gasteiger partial charge in [0.1, 0.15) is 17.8 Å². The predicted molar refractivity (Wildman–Crippen MR) is 52.9 cm³/mol. The van der Waals surface area contributed by atoms with Crippen molar-refractivity contribution >= 4 is 10.9 Å². The zero-order chi connectivity index (χ0) is 9.97. The van der Waals surface area contributed by atoms with Gasteiger partial charge in [0.15, 0.2) is 0 Å². The van der Waals surface area contributed by atoms with Crippen LogP contribution in [0.5, 0.6) is 5.75 Å². The third-order valence-electron chi connectivity index (χ3n) is 1.98. The quantitative estimate of drug-likeness (QED) is 0.735. The number of phenolic OH excluding ortho intramolecular Hbond substituents is 1. The van der Waals surface area contributed by atoms with Gasteiger partial charge in [0.2, 0.25) is 0 Å². The number of hydrogen-bond acceptors (Lipinski definition) is 4. The Morgan fingerprint density at radius 3 is 2.93 bits per heavy atom. The third-order valence-corrected chi connectivity index (χ3v) is 1.98. The highest BCUT2D eigenvalue weighted by Crippen LogP contribution is 2.22. The van der Waals surface area contributed by atoms with E-state index in [9.17, 15) is 10.0 Å². The molecule has 0 aliphatic rings. The lowest BCUT2D eigenvalue weighted by atomic mass is 10.2. The van der Waals surface area contributed by atoms with Crippen molar-refractivity contribution in [2.24, 2.45) is 5.18 Å². The molecule has 4 heteroatoms. The van der Waals surface area contributed by atoms with E-state index in [0.717, 1.165) is 5.39 Å². The van der Waals surface area contributed by atoms with Crippen molar-refractivity contribution in [3.63, 3.8) is 0 Å². The van der Waals surface area contributed by atoms with Crippen molar-refractivity contribution in [3.05, 3.63) is 40.9 Å². The Morgan fingerprint density at radius 2 is 2.14 bits per heavy atom. The molecule has 70 valence electrons. The van der Waals surface area contributed by atoms with E-state index in [2.05, 4.69) is 10.2 Å². The van der Waals surface area contributed by atoms with E-state index in [4.69, 9.17) is 0 Å². The summed E-state index contributed by atoms with van der Waals surface area (Å²) in [6.45, 7) is 0.0320. The van der Waals surface area contributed by atoms with Gasteiger partial charge in [-0.1, -0.05) is 23.4 Å². The number of benzene rings is 1. The van der Waals surface area contributed by atoms with E-state index in [-0.39, 0.29) is 12.3 Å². The molecule has 0 saturated carbocycles. The Bertz CT molecular complexity index is 483. The Labute approximate surface area is 80.2 Å². The number of aromatic hydroxyl groups is 1. The summed E-state index contributed by atoms with van der Waals surface area (Å²) in [6, 6.07) is 8.69. The maximum absolute atomic E-state index is 10.0. The zero-order valence-electron chi connectivity index (χ0n) is 7.34. The van der Waals surface area contributed by atoms with E-state index in [1.54, 1.807) is 18.2 Å². The molecule has 0 spiro atoms. The molecule has 1 aromatic heterocycles. The topological polar surface area (TPSA) is 62.5 Å². The first-order valence-corrected chi connectivity index (χ1v) is 4.18. The zero-order valence-corrected chi connectivity index (χ0v) is 7.34. The molecule has 1 heterocycles. The predicted octanol–water partition coefficient (Wildman–Crippen LogP) is 2.21. The number of nitrogens with zero attached hydrogens (tertiary/aromatic N) is 2. The molecule has 0 unspecified atom stereocenters. The van der Waals surface area contributed by atoms with Gasteiger partial charge in [-0.2, -0.15) is 4.91 Å². The van der Waals surface area contributed by atoms with Crippen molar-refractivity contribution in [2.75, 3.05) is 0 Å². The summed E-state index contributed by atoms with van der Waals surface area (Å²) in [6.07, 6.45) is 0. The fourth-order valence-corrected chi connectivity index (χ4v) is 1.33. The lowest BCUT2D eigenvalue weighted by Crippen LogP contribution is -1.88. The molecule has 1 aromatic carbocycles. The lowest BCUT2D eigenvalue weighted by Gasteiger charge is -2.00. The number of aromatic nitrogens is 1. The number of phenols is 1. The minimum absolute atomic E-state index is 0.0320. The Hall–Kier alpha value is -1.97. The molecule has 1 N–H and O–H groups in total. The second-order valence-corrected chi connectivity index (χ2v) is 2.94. The molecule has 14 heavy (non-hydrogen) atoms. The van der Waals surface area contributed by atoms with Crippen molar-refractivity contribution < 1.29 is 5.11 Å². The fraction of sp³-hybridized carbons (Fsp3) is 0.100. The average Bonchev–Trinajstić information content (AvgIpc) is 2.20. The van der Waals surface area contributed by atoms with Gasteiger partial charge in [-0.25, -0.2) is 4.98 Å². The van der Waals surface area contributed by atoms with Crippen molar-refractivity contribution in [1.29, 1.82) is 0 Å². The smallest absolute Gasteiger partial charge is 0.141 e. The maximum Gasteiger partial charge on any atom is 0.141 e. The normalized spacial score (nSPS) is 10.3. The van der Waals surface area contributed by atoms with Crippen LogP contribution in [0.1, 0.15) is 5.69 Å². The molecular formula is C10H8N2O2. The molecular weight excluding hydrogens is 180 g/mol. The molecule has 0 radical (unpaired) electrons. The second-order valence-electron chi connectivity index (χ2n) is 2.94. The first-order chi connectivity index (χ1) is 6.81. The summed E-state index contributed by atoms with van der Waals surface area (Å²) in [5, 5.41) is 13.1. The van der Waals surface area contributed by atoms with Crippen LogP contribution in [-0.2, 0) is 6.54 Å². The summed E-state index contributed by atoms with van der Waals surface area (Å²) in [5.41, 5.74) is 1.07. The van der Waals surface area contributed by atoms with Gasteiger partial charge in [0.05, 0.1) is 5.69 Å². The largest absolute Gasteiger partial charge is 0.506 e. The fourth-order valence-electron chi connectivity index (χ4n) is 1.33. The number of nitroso groups, excluding NO2 is 1. The highest BCUT2D eigenvalue weighted by molar-refractivity contribution is 5.84. The summed E-state index contributed by atoms with van der Waals surface area (Å²) in [7, 11) is 0. The van der Waals surface area contributed by atoms with E-state index >= 15 is 0 Å². The van der Waals surface area contributed by atoms with Crippen LogP contribution in [0.4, 0.5) is 0 Å². The molecule has 0 fully saturated rings. The van der Waals surface area contributed by atoms with Crippen LogP contribution in [0.3, 0.4) is 0 Å². The van der Waals surface area contributed by atoms with Gasteiger partial charge in [0, 0.05) is 5.39 Å². The summed E-state index contributed by atoms with van der Waals surface area (Å²) in [4.78, 5) is 14.2. The van der Waals surface area contributed by atoms with Crippen molar-refractivity contribution in [1.82, 2.24) is 4.98 Å². The van der Waals surface area contributed by atoms with E-state index < -0.39 is 0 Å². The van der Waals surface area contributed by atoms with Gasteiger partial charge < -0.3 is 5.11 Å². The first-order valence-electron chi connectivity index (χ1n) is 4.18. The van der Waals surface area contributed by atoms with E-state index in [1.165, 1.54) is 0 Å². The summed E-state index contributed by atoms with van der Waals surface area (Å²) in [5.74, 6) is 0.121. The molecule has 0 amide bonds. The highest BCUT2D eigenvalue weighted by atomic mass is 16.3. The van der Waals surface area contributed by atoms with Crippen LogP contribution in [0.25, 0.3) is 10.9 Å². The van der Waals surface area contributed by atoms with Crippen LogP contribution >= 0.6 is 0 Å². The number of hydrogen-bond donors (Lipinski definition) is 1. The minimum atomic E-state index is 0.0320. The summed E-state index contributed by atoms with van der Waals surface area (Å²) < 4.78 is 0. The number of fused-ring (bicyclic) bond motifs is 1. The van der Waals surface area contributed by atoms with Gasteiger partial charge in [0.25, 0.3) is 0 Å². The van der Waals surface area contributed by atoms with Crippen LogP contribution in [0.2, 0.25) is 0 Å². The van der Waals surface area contributed by atoms with Crippen LogP contribution in [0, 0.1) is 4.91 Å². The van der Waals surface area contributed by atoms with E-state index in [0.29, 0.717) is 11.2 Å². The van der Waals surface area contributed by atoms with Gasteiger partial charge in [-0.05, 0) is 12.1 Å². The molecule has 0 atom stereocenters. The van der Waals surface area contributed by atoms with E-state index in [1.807, 2.05) is 12.1 Å². The lowest BCUT2D eigenvalue weighted by molar-refractivity contribution is 0.480. The Kier molecular flexibility index (Phi) is 2.10. The number of rotatable bonds is 2. The van der Waals surface area contributed by atoms with Gasteiger partial charge in [-0.3, -0.25) is 0 Å². The molecule has 2 rings (SSSR count). The van der Waals surface area contributed by atoms with Crippen LogP contribution in [0.15, 0.2) is 35.5 Å². The SMILES string of the molecule is O=NCc1ccc2cccc(O)c2n1. The highest BCUT2D eigenvalue weighted by Gasteiger charge is 2.01. The molecule has 0 saturated heterocycles. The molecule has 4 nitrogen and oxygen atoms in total. The Balaban J connectivity index is 2.63. The summed E-state index contributed by atoms with van der Waals surface area (Å²) >= 11 is 0. The van der Waals surface area contributed by atoms with Crippen molar-refractivity contribution in [2.45, 2.75) is 6.54 Å². The first kappa shape index (κ1) is 8.62. The molecule has 0 aliphatic heterocycles. The average molecular weight is 188 g/mol. The standard InChI is InChI=1S/C10H8N2O2/c13-9-3-1-2-7-4-5-8(6-11-14)12-10(7)9/h1-5,13H,6H2. The number of pyridine rings is 1. The van der Waals surface area contributed by atoms with Gasteiger partial charge >= 0.3 is 0 Å². The second kappa shape index (κ2) is 3.41.